The summed E-state index contributed by atoms with van der Waals surface area (Å²) in [7, 11) is 0. The normalized spacial score (nSPS) is 24.7. The van der Waals surface area contributed by atoms with Gasteiger partial charge in [-0.05, 0) is 54.7 Å². The van der Waals surface area contributed by atoms with Crippen molar-refractivity contribution in [2.45, 2.75) is 39.0 Å². The van der Waals surface area contributed by atoms with Crippen molar-refractivity contribution in [1.82, 2.24) is 9.97 Å². The van der Waals surface area contributed by atoms with Crippen molar-refractivity contribution in [3.05, 3.63) is 15.6 Å². The van der Waals surface area contributed by atoms with Crippen molar-refractivity contribution in [3.8, 4) is 0 Å². The van der Waals surface area contributed by atoms with Crippen LogP contribution in [-0.2, 0) is 0 Å². The van der Waals surface area contributed by atoms with Gasteiger partial charge < -0.3 is 5.32 Å². The Kier molecular flexibility index (Phi) is 4.00. The molecule has 0 bridgehead atoms. The maximum absolute atomic E-state index is 4.65. The van der Waals surface area contributed by atoms with E-state index in [4.69, 9.17) is 0 Å². The smallest absolute Gasteiger partial charge is 0.143 e. The fourth-order valence-electron chi connectivity index (χ4n) is 2.31. The molecule has 0 amide bonds. The average Bonchev–Trinajstić information content (AvgIpc) is 2.69. The minimum atomic E-state index is 0.574. The number of aromatic nitrogens is 2. The van der Waals surface area contributed by atoms with Crippen molar-refractivity contribution in [3.63, 3.8) is 0 Å². The lowest BCUT2D eigenvalue weighted by atomic mass is 10.1. The average molecular weight is 331 g/mol. The quantitative estimate of drug-likeness (QED) is 0.863. The zero-order valence-electron chi connectivity index (χ0n) is 9.83. The fraction of sp³-hybridized carbons (Fsp3) is 0.667. The first-order valence-corrected chi connectivity index (χ1v) is 7.05. The zero-order valence-corrected chi connectivity index (χ0v) is 12.0. The zero-order chi connectivity index (χ0) is 11.5. The first-order valence-electron chi connectivity index (χ1n) is 5.97. The first-order chi connectivity index (χ1) is 7.70. The third-order valence-corrected chi connectivity index (χ3v) is 3.96. The van der Waals surface area contributed by atoms with Gasteiger partial charge in [0.05, 0.1) is 3.57 Å². The van der Waals surface area contributed by atoms with Crippen LogP contribution in [0, 0.1) is 9.49 Å². The van der Waals surface area contributed by atoms with Crippen LogP contribution in [-0.4, -0.2) is 16.5 Å². The molecule has 1 saturated carbocycles. The largest absolute Gasteiger partial charge is 0.369 e. The van der Waals surface area contributed by atoms with Crippen LogP contribution in [0.1, 0.15) is 44.9 Å². The third kappa shape index (κ3) is 2.64. The van der Waals surface area contributed by atoms with Crippen LogP contribution in [0.25, 0.3) is 0 Å². The Morgan fingerprint density at radius 1 is 1.50 bits per heavy atom. The van der Waals surface area contributed by atoms with Crippen LogP contribution >= 0.6 is 22.6 Å². The Hall–Kier alpha value is -0.390. The van der Waals surface area contributed by atoms with Crippen LogP contribution in [0.5, 0.6) is 0 Å². The molecule has 88 valence electrons. The molecule has 1 heterocycles. The lowest BCUT2D eigenvalue weighted by Gasteiger charge is -2.11. The van der Waals surface area contributed by atoms with Crippen molar-refractivity contribution >= 4 is 28.4 Å². The molecule has 1 aromatic heterocycles. The summed E-state index contributed by atoms with van der Waals surface area (Å²) in [5.41, 5.74) is 0. The van der Waals surface area contributed by atoms with Gasteiger partial charge in [0.15, 0.2) is 0 Å². The summed E-state index contributed by atoms with van der Waals surface area (Å²) in [6, 6.07) is 0. The van der Waals surface area contributed by atoms with Gasteiger partial charge in [-0.1, -0.05) is 6.92 Å². The Morgan fingerprint density at radius 2 is 2.31 bits per heavy atom. The number of halogens is 1. The van der Waals surface area contributed by atoms with Gasteiger partial charge in [-0.3, -0.25) is 0 Å². The maximum atomic E-state index is 4.65. The number of rotatable bonds is 3. The lowest BCUT2D eigenvalue weighted by molar-refractivity contribution is 0.585. The summed E-state index contributed by atoms with van der Waals surface area (Å²) >= 11 is 2.28. The molecule has 2 rings (SSSR count). The molecule has 4 heteroatoms. The van der Waals surface area contributed by atoms with E-state index in [1.54, 1.807) is 0 Å². The highest BCUT2D eigenvalue weighted by molar-refractivity contribution is 14.1. The highest BCUT2D eigenvalue weighted by Crippen LogP contribution is 2.36. The molecule has 16 heavy (non-hydrogen) atoms. The lowest BCUT2D eigenvalue weighted by Crippen LogP contribution is -2.07. The number of anilines is 1. The molecular weight excluding hydrogens is 313 g/mol. The number of nitrogens with zero attached hydrogens (tertiary/aromatic N) is 2. The van der Waals surface area contributed by atoms with E-state index in [0.29, 0.717) is 5.92 Å². The molecule has 0 aliphatic heterocycles. The topological polar surface area (TPSA) is 37.8 Å². The van der Waals surface area contributed by atoms with Crippen molar-refractivity contribution in [2.75, 3.05) is 11.9 Å². The molecule has 0 radical (unpaired) electrons. The van der Waals surface area contributed by atoms with E-state index < -0.39 is 0 Å². The summed E-state index contributed by atoms with van der Waals surface area (Å²) < 4.78 is 1.11. The van der Waals surface area contributed by atoms with Gasteiger partial charge in [-0.15, -0.1) is 0 Å². The highest BCUT2D eigenvalue weighted by atomic mass is 127. The molecular formula is C12H18IN3. The van der Waals surface area contributed by atoms with Crippen molar-refractivity contribution in [2.24, 2.45) is 5.92 Å². The summed E-state index contributed by atoms with van der Waals surface area (Å²) in [5, 5.41) is 3.29. The van der Waals surface area contributed by atoms with Crippen LogP contribution in [0.15, 0.2) is 6.20 Å². The predicted octanol–water partition coefficient (Wildman–Crippen LogP) is 3.42. The second kappa shape index (κ2) is 5.29. The van der Waals surface area contributed by atoms with Crippen LogP contribution in [0.4, 0.5) is 5.82 Å². The van der Waals surface area contributed by atoms with E-state index >= 15 is 0 Å². The third-order valence-electron chi connectivity index (χ3n) is 3.17. The Balaban J connectivity index is 2.18. The second-order valence-electron chi connectivity index (χ2n) is 4.57. The van der Waals surface area contributed by atoms with Gasteiger partial charge in [0, 0.05) is 18.7 Å². The highest BCUT2D eigenvalue weighted by Gasteiger charge is 2.25. The Labute approximate surface area is 111 Å². The van der Waals surface area contributed by atoms with Crippen LogP contribution in [0.3, 0.4) is 0 Å². The van der Waals surface area contributed by atoms with Crippen LogP contribution < -0.4 is 5.32 Å². The van der Waals surface area contributed by atoms with Gasteiger partial charge in [-0.25, -0.2) is 9.97 Å². The van der Waals surface area contributed by atoms with Gasteiger partial charge in [0.25, 0.3) is 0 Å². The Morgan fingerprint density at radius 3 is 2.94 bits per heavy atom. The summed E-state index contributed by atoms with van der Waals surface area (Å²) in [5.74, 6) is 3.42. The molecule has 1 fully saturated rings. The molecule has 1 aliphatic rings. The van der Waals surface area contributed by atoms with Crippen LogP contribution in [0.2, 0.25) is 0 Å². The second-order valence-corrected chi connectivity index (χ2v) is 5.73. The van der Waals surface area contributed by atoms with E-state index in [0.717, 1.165) is 27.7 Å². The van der Waals surface area contributed by atoms with Crippen molar-refractivity contribution < 1.29 is 0 Å². The predicted molar refractivity (Wildman–Crippen MR) is 74.7 cm³/mol. The standard InChI is InChI=1S/C12H18IN3/c1-3-14-12-10(13)7-15-11(16-12)9-5-4-8(2)6-9/h7-9H,3-6H2,1-2H3,(H,14,15,16). The van der Waals surface area contributed by atoms with E-state index in [2.05, 4.69) is 51.7 Å². The van der Waals surface area contributed by atoms with Gasteiger partial charge >= 0.3 is 0 Å². The first kappa shape index (κ1) is 12.1. The molecule has 0 aromatic carbocycles. The molecule has 2 unspecified atom stereocenters. The molecule has 1 aromatic rings. The Bertz CT molecular complexity index is 367. The number of nitrogens with one attached hydrogen (secondary N) is 1. The fourth-order valence-corrected chi connectivity index (χ4v) is 2.76. The molecule has 0 saturated heterocycles. The number of hydrogen-bond acceptors (Lipinski definition) is 3. The minimum Gasteiger partial charge on any atom is -0.369 e. The maximum Gasteiger partial charge on any atom is 0.143 e. The van der Waals surface area contributed by atoms with E-state index in [1.165, 1.54) is 19.3 Å². The van der Waals surface area contributed by atoms with Gasteiger partial charge in [0.1, 0.15) is 11.6 Å². The SMILES string of the molecule is CCNc1nc(C2CCC(C)C2)ncc1I. The minimum absolute atomic E-state index is 0.574. The summed E-state index contributed by atoms with van der Waals surface area (Å²) in [6.07, 6.45) is 5.74. The molecule has 1 aliphatic carbocycles. The summed E-state index contributed by atoms with van der Waals surface area (Å²) in [4.78, 5) is 9.13. The van der Waals surface area contributed by atoms with E-state index in [1.807, 2.05) is 6.20 Å². The summed E-state index contributed by atoms with van der Waals surface area (Å²) in [6.45, 7) is 5.32. The molecule has 0 spiro atoms. The molecule has 2 atom stereocenters. The molecule has 1 N–H and O–H groups in total. The van der Waals surface area contributed by atoms with E-state index in [-0.39, 0.29) is 0 Å². The van der Waals surface area contributed by atoms with Gasteiger partial charge in [0.2, 0.25) is 0 Å². The van der Waals surface area contributed by atoms with E-state index in [9.17, 15) is 0 Å². The molecule has 3 nitrogen and oxygen atoms in total. The number of hydrogen-bond donors (Lipinski definition) is 1. The van der Waals surface area contributed by atoms with Gasteiger partial charge in [-0.2, -0.15) is 0 Å². The monoisotopic (exact) mass is 331 g/mol. The van der Waals surface area contributed by atoms with Crippen molar-refractivity contribution in [1.29, 1.82) is 0 Å².